The number of halogens is 1. The van der Waals surface area contributed by atoms with E-state index < -0.39 is 0 Å². The molecule has 0 saturated carbocycles. The van der Waals surface area contributed by atoms with Gasteiger partial charge in [-0.25, -0.2) is 4.98 Å². The highest BCUT2D eigenvalue weighted by atomic mass is 35.5. The molecule has 2 amide bonds. The van der Waals surface area contributed by atoms with E-state index in [-0.39, 0.29) is 23.8 Å². The van der Waals surface area contributed by atoms with Crippen molar-refractivity contribution in [2.45, 2.75) is 45.6 Å². The number of hydrogen-bond acceptors (Lipinski definition) is 4. The van der Waals surface area contributed by atoms with Crippen molar-refractivity contribution in [3.8, 4) is 0 Å². The van der Waals surface area contributed by atoms with Crippen LogP contribution in [0, 0.1) is 5.92 Å². The minimum atomic E-state index is -0.270. The van der Waals surface area contributed by atoms with Crippen LogP contribution >= 0.6 is 11.6 Å². The molecule has 1 unspecified atom stereocenters. The van der Waals surface area contributed by atoms with Crippen molar-refractivity contribution >= 4 is 29.2 Å². The Morgan fingerprint density at radius 1 is 1.15 bits per heavy atom. The predicted molar refractivity (Wildman–Crippen MR) is 107 cm³/mol. The molecular formula is C20H29ClN4O2. The number of nitrogens with zero attached hydrogens (tertiary/aromatic N) is 4. The first-order valence-corrected chi connectivity index (χ1v) is 10.4. The summed E-state index contributed by atoms with van der Waals surface area (Å²) in [5.74, 6) is 1.16. The van der Waals surface area contributed by atoms with Crippen LogP contribution in [0.1, 0.15) is 39.5 Å². The fourth-order valence-electron chi connectivity index (χ4n) is 4.18. The quantitative estimate of drug-likeness (QED) is 0.773. The van der Waals surface area contributed by atoms with Crippen LogP contribution in [0.2, 0.25) is 5.02 Å². The molecule has 0 spiro atoms. The number of pyridine rings is 1. The number of likely N-dealkylation sites (tertiary alicyclic amines) is 1. The smallest absolute Gasteiger partial charge is 0.245 e. The number of piperidine rings is 1. The van der Waals surface area contributed by atoms with Crippen molar-refractivity contribution < 1.29 is 9.59 Å². The minimum Gasteiger partial charge on any atom is -0.357 e. The van der Waals surface area contributed by atoms with Gasteiger partial charge in [-0.05, 0) is 51.7 Å². The molecule has 0 bridgehead atoms. The molecule has 2 saturated heterocycles. The molecule has 1 atom stereocenters. The second-order valence-corrected chi connectivity index (χ2v) is 7.73. The summed E-state index contributed by atoms with van der Waals surface area (Å²) in [4.78, 5) is 36.1. The van der Waals surface area contributed by atoms with Gasteiger partial charge in [0.1, 0.15) is 11.9 Å². The van der Waals surface area contributed by atoms with Gasteiger partial charge in [0.2, 0.25) is 11.8 Å². The van der Waals surface area contributed by atoms with Gasteiger partial charge >= 0.3 is 0 Å². The molecule has 2 aliphatic heterocycles. The number of carbonyl (C=O) groups is 2. The number of hydrogen-bond donors (Lipinski definition) is 0. The van der Waals surface area contributed by atoms with Crippen molar-refractivity contribution in [1.82, 2.24) is 14.8 Å². The molecule has 0 aromatic carbocycles. The Balaban J connectivity index is 1.59. The third kappa shape index (κ3) is 4.37. The van der Waals surface area contributed by atoms with Crippen LogP contribution < -0.4 is 4.90 Å². The van der Waals surface area contributed by atoms with Gasteiger partial charge in [0, 0.05) is 44.8 Å². The highest BCUT2D eigenvalue weighted by Crippen LogP contribution is 2.28. The summed E-state index contributed by atoms with van der Waals surface area (Å²) in [7, 11) is 0. The molecule has 7 heteroatoms. The van der Waals surface area contributed by atoms with Crippen molar-refractivity contribution in [2.75, 3.05) is 37.6 Å². The third-order valence-electron chi connectivity index (χ3n) is 5.78. The number of amides is 2. The van der Waals surface area contributed by atoms with Crippen LogP contribution in [0.5, 0.6) is 0 Å². The van der Waals surface area contributed by atoms with Crippen LogP contribution in [-0.4, -0.2) is 65.4 Å². The fourth-order valence-corrected chi connectivity index (χ4v) is 4.29. The van der Waals surface area contributed by atoms with E-state index in [1.54, 1.807) is 6.20 Å². The first-order chi connectivity index (χ1) is 13.0. The molecule has 6 nitrogen and oxygen atoms in total. The topological polar surface area (TPSA) is 56.8 Å². The van der Waals surface area contributed by atoms with Crippen molar-refractivity contribution in [3.63, 3.8) is 0 Å². The lowest BCUT2D eigenvalue weighted by molar-refractivity contribution is -0.146. The van der Waals surface area contributed by atoms with E-state index in [9.17, 15) is 9.59 Å². The first-order valence-electron chi connectivity index (χ1n) is 10.0. The Labute approximate surface area is 166 Å². The lowest BCUT2D eigenvalue weighted by Gasteiger charge is -2.36. The molecule has 1 aromatic rings. The van der Waals surface area contributed by atoms with Crippen LogP contribution in [0.3, 0.4) is 0 Å². The maximum Gasteiger partial charge on any atom is 0.245 e. The van der Waals surface area contributed by atoms with Crippen LogP contribution in [0.15, 0.2) is 18.3 Å². The van der Waals surface area contributed by atoms with Gasteiger partial charge < -0.3 is 14.7 Å². The summed E-state index contributed by atoms with van der Waals surface area (Å²) in [6.45, 7) is 7.67. The summed E-state index contributed by atoms with van der Waals surface area (Å²) in [6.07, 6.45) is 4.95. The predicted octanol–water partition coefficient (Wildman–Crippen LogP) is 2.81. The lowest BCUT2D eigenvalue weighted by Crippen LogP contribution is -2.50. The first kappa shape index (κ1) is 19.9. The summed E-state index contributed by atoms with van der Waals surface area (Å²) < 4.78 is 0. The highest BCUT2D eigenvalue weighted by molar-refractivity contribution is 6.30. The molecule has 1 aromatic heterocycles. The summed E-state index contributed by atoms with van der Waals surface area (Å²) in [5, 5.41) is 0.627. The number of rotatable bonds is 5. The summed E-state index contributed by atoms with van der Waals surface area (Å²) in [5.41, 5.74) is 0. The van der Waals surface area contributed by atoms with Gasteiger partial charge in [0.05, 0.1) is 5.02 Å². The molecule has 0 radical (unpaired) electrons. The highest BCUT2D eigenvalue weighted by Gasteiger charge is 2.39. The molecule has 3 rings (SSSR count). The summed E-state index contributed by atoms with van der Waals surface area (Å²) >= 11 is 5.91. The fraction of sp³-hybridized carbons (Fsp3) is 0.650. The molecule has 148 valence electrons. The molecule has 27 heavy (non-hydrogen) atoms. The number of likely N-dealkylation sites (N-methyl/N-ethyl adjacent to an activating group) is 1. The standard InChI is InChI=1S/C20H29ClN4O2/c1-3-23(4-2)20(27)17-6-5-11-25(17)19(26)15-9-12-24(13-10-15)18-8-7-16(21)14-22-18/h7-8,14-15,17H,3-6,9-13H2,1-2H3. The van der Waals surface area contributed by atoms with Gasteiger partial charge in [-0.2, -0.15) is 0 Å². The Hall–Kier alpha value is -1.82. The van der Waals surface area contributed by atoms with Crippen LogP contribution in [0.4, 0.5) is 5.82 Å². The average molecular weight is 393 g/mol. The van der Waals surface area contributed by atoms with Gasteiger partial charge in [-0.1, -0.05) is 11.6 Å². The number of anilines is 1. The van der Waals surface area contributed by atoms with E-state index in [0.29, 0.717) is 24.7 Å². The molecule has 3 heterocycles. The third-order valence-corrected chi connectivity index (χ3v) is 6.00. The van der Waals surface area contributed by atoms with Crippen molar-refractivity contribution in [3.05, 3.63) is 23.4 Å². The van der Waals surface area contributed by atoms with Gasteiger partial charge in [-0.15, -0.1) is 0 Å². The van der Waals surface area contributed by atoms with E-state index in [1.807, 2.05) is 35.8 Å². The van der Waals surface area contributed by atoms with E-state index in [0.717, 1.165) is 44.6 Å². The Kier molecular flexibility index (Phi) is 6.58. The maximum atomic E-state index is 13.1. The normalized spacial score (nSPS) is 20.8. The van der Waals surface area contributed by atoms with E-state index in [2.05, 4.69) is 9.88 Å². The van der Waals surface area contributed by atoms with E-state index >= 15 is 0 Å². The zero-order valence-electron chi connectivity index (χ0n) is 16.2. The van der Waals surface area contributed by atoms with Crippen LogP contribution in [0.25, 0.3) is 0 Å². The van der Waals surface area contributed by atoms with Gasteiger partial charge in [0.25, 0.3) is 0 Å². The zero-order valence-corrected chi connectivity index (χ0v) is 17.0. The number of carbonyl (C=O) groups excluding carboxylic acids is 2. The molecular weight excluding hydrogens is 364 g/mol. The van der Waals surface area contributed by atoms with Gasteiger partial charge in [-0.3, -0.25) is 9.59 Å². The molecule has 0 N–H and O–H groups in total. The van der Waals surface area contributed by atoms with E-state index in [1.165, 1.54) is 0 Å². The van der Waals surface area contributed by atoms with Gasteiger partial charge in [0.15, 0.2) is 0 Å². The SMILES string of the molecule is CCN(CC)C(=O)C1CCCN1C(=O)C1CCN(c2ccc(Cl)cn2)CC1. The average Bonchev–Trinajstić information content (AvgIpc) is 3.19. The lowest BCUT2D eigenvalue weighted by atomic mass is 9.94. The van der Waals surface area contributed by atoms with Crippen molar-refractivity contribution in [1.29, 1.82) is 0 Å². The second-order valence-electron chi connectivity index (χ2n) is 7.30. The van der Waals surface area contributed by atoms with E-state index in [4.69, 9.17) is 11.6 Å². The largest absolute Gasteiger partial charge is 0.357 e. The Bertz CT molecular complexity index is 654. The zero-order chi connectivity index (χ0) is 19.4. The maximum absolute atomic E-state index is 13.1. The number of aromatic nitrogens is 1. The van der Waals surface area contributed by atoms with Crippen LogP contribution in [-0.2, 0) is 9.59 Å². The second kappa shape index (κ2) is 8.91. The Morgan fingerprint density at radius 3 is 2.44 bits per heavy atom. The Morgan fingerprint density at radius 2 is 1.85 bits per heavy atom. The molecule has 2 fully saturated rings. The van der Waals surface area contributed by atoms with Crippen molar-refractivity contribution in [2.24, 2.45) is 5.92 Å². The minimum absolute atomic E-state index is 0.00125. The monoisotopic (exact) mass is 392 g/mol. The molecule has 0 aliphatic carbocycles. The molecule has 2 aliphatic rings. The summed E-state index contributed by atoms with van der Waals surface area (Å²) in [6, 6.07) is 3.49.